The number of hydrogen-bond donors (Lipinski definition) is 1. The van der Waals surface area contributed by atoms with Crippen LogP contribution in [0.4, 0.5) is 4.39 Å². The van der Waals surface area contributed by atoms with E-state index in [1.807, 2.05) is 275 Å². The highest BCUT2D eigenvalue weighted by Gasteiger charge is 2.13. The predicted molar refractivity (Wildman–Crippen MR) is 411 cm³/mol. The zero-order valence-electron chi connectivity index (χ0n) is 54.6. The molecule has 0 spiro atoms. The third-order valence-corrected chi connectivity index (χ3v) is 16.2. The second kappa shape index (κ2) is 37.7. The third-order valence-electron chi connectivity index (χ3n) is 13.8. The van der Waals surface area contributed by atoms with Crippen LogP contribution in [0.25, 0.3) is 77.4 Å². The van der Waals surface area contributed by atoms with Crippen LogP contribution in [0.15, 0.2) is 283 Å². The van der Waals surface area contributed by atoms with E-state index in [1.165, 1.54) is 44.4 Å². The standard InChI is InChI=1S/C16H14N4.C16H16N2O2S.C15H10ClFN4.C15H11ClN4.C15H11IN4/c1-13-6-5-9-15(12-13)20-18-16(17-19-20)11-10-14-7-3-2-4-8-14;1-14-9-11-16(12-10-14)21(19,20)18-17-13-5-8-15-6-3-2-4-7-15;16-12-7-8-13(17)14(10-12)21-19-15(18-20-21)9-6-11-4-2-1-3-5-11;2*16-13-7-4-8-14(11-13)20-18-15(17-19-20)10-9-12-5-2-1-3-6-12/h2-12H,1H3;2-13,18H,1H3;1-10H;2*1-11H. The van der Waals surface area contributed by atoms with Gasteiger partial charge in [0, 0.05) is 19.8 Å². The molecule has 0 aliphatic rings. The molecule has 0 amide bonds. The van der Waals surface area contributed by atoms with Crippen LogP contribution in [0.2, 0.25) is 10.0 Å². The molecule has 506 valence electrons. The highest BCUT2D eigenvalue weighted by atomic mass is 127. The van der Waals surface area contributed by atoms with Crippen molar-refractivity contribution >= 4 is 117 Å². The van der Waals surface area contributed by atoms with Crippen LogP contribution in [-0.4, -0.2) is 95.5 Å². The van der Waals surface area contributed by atoms with E-state index in [4.69, 9.17) is 23.2 Å². The molecule has 4 heterocycles. The summed E-state index contributed by atoms with van der Waals surface area (Å²) in [5.74, 6) is 1.66. The first-order valence-electron chi connectivity index (χ1n) is 31.2. The monoisotopic (exact) mass is 1520 g/mol. The van der Waals surface area contributed by atoms with Crippen molar-refractivity contribution in [2.75, 3.05) is 0 Å². The molecule has 0 fully saturated rings. The van der Waals surface area contributed by atoms with Crippen LogP contribution in [0.5, 0.6) is 0 Å². The Bertz CT molecular complexity index is 4950. The van der Waals surface area contributed by atoms with E-state index in [0.29, 0.717) is 33.3 Å². The Morgan fingerprint density at radius 2 is 0.775 bits per heavy atom. The molecule has 25 heteroatoms. The number of aryl methyl sites for hydroxylation is 2. The number of nitrogens with one attached hydrogen (secondary N) is 1. The van der Waals surface area contributed by atoms with Crippen molar-refractivity contribution in [2.24, 2.45) is 5.10 Å². The fraction of sp³-hybridized carbons (Fsp3) is 0.0260. The van der Waals surface area contributed by atoms with Crippen molar-refractivity contribution in [2.45, 2.75) is 18.7 Å². The molecule has 0 aliphatic heterocycles. The minimum atomic E-state index is -3.60. The first kappa shape index (κ1) is 72.6. The molecule has 0 unspecified atom stereocenters. The number of nitrogens with zero attached hydrogens (tertiary/aromatic N) is 17. The highest BCUT2D eigenvalue weighted by molar-refractivity contribution is 14.1. The summed E-state index contributed by atoms with van der Waals surface area (Å²) < 4.78 is 38.7. The Balaban J connectivity index is 0.000000137. The summed E-state index contributed by atoms with van der Waals surface area (Å²) in [5.41, 5.74) is 10.3. The summed E-state index contributed by atoms with van der Waals surface area (Å²) in [6, 6.07) is 83.5. The van der Waals surface area contributed by atoms with Crippen molar-refractivity contribution in [1.29, 1.82) is 0 Å². The topological polar surface area (TPSA) is 233 Å². The van der Waals surface area contributed by atoms with Crippen molar-refractivity contribution in [1.82, 2.24) is 85.7 Å². The first-order chi connectivity index (χ1) is 49.7. The van der Waals surface area contributed by atoms with Gasteiger partial charge in [0.2, 0.25) is 0 Å². The molecule has 102 heavy (non-hydrogen) atoms. The van der Waals surface area contributed by atoms with Gasteiger partial charge in [0.15, 0.2) is 29.1 Å². The largest absolute Gasteiger partial charge is 0.276 e. The predicted octanol–water partition coefficient (Wildman–Crippen LogP) is 16.7. The zero-order chi connectivity index (χ0) is 71.1. The number of benzene rings is 10. The van der Waals surface area contributed by atoms with E-state index in [9.17, 15) is 12.8 Å². The number of hydrazone groups is 1. The maximum absolute atomic E-state index is 13.7. The van der Waals surface area contributed by atoms with Gasteiger partial charge in [-0.2, -0.15) is 13.5 Å². The maximum atomic E-state index is 13.7. The molecular formula is C77H62Cl2FIN18O2S. The Kier molecular flexibility index (Phi) is 26.8. The van der Waals surface area contributed by atoms with Crippen LogP contribution < -0.4 is 4.83 Å². The number of allylic oxidation sites excluding steroid dienone is 1. The van der Waals surface area contributed by atoms with Gasteiger partial charge in [-0.15, -0.1) is 60.0 Å². The van der Waals surface area contributed by atoms with Gasteiger partial charge in [0.1, 0.15) is 5.69 Å². The lowest BCUT2D eigenvalue weighted by molar-refractivity contribution is 0.584. The highest BCUT2D eigenvalue weighted by Crippen LogP contribution is 2.19. The molecule has 0 aliphatic carbocycles. The quantitative estimate of drug-likeness (QED) is 0.0507. The fourth-order valence-electron chi connectivity index (χ4n) is 8.76. The van der Waals surface area contributed by atoms with Crippen molar-refractivity contribution < 1.29 is 12.8 Å². The summed E-state index contributed by atoms with van der Waals surface area (Å²) >= 11 is 14.0. The number of halogens is 4. The smallest absolute Gasteiger partial charge is 0.205 e. The fourth-order valence-corrected chi connectivity index (χ4v) is 10.4. The molecule has 1 N–H and O–H groups in total. The zero-order valence-corrected chi connectivity index (χ0v) is 59.1. The Morgan fingerprint density at radius 1 is 0.392 bits per heavy atom. The van der Waals surface area contributed by atoms with Gasteiger partial charge in [0.25, 0.3) is 10.0 Å². The Labute approximate surface area is 612 Å². The van der Waals surface area contributed by atoms with Gasteiger partial charge in [0.05, 0.1) is 22.0 Å². The van der Waals surface area contributed by atoms with Gasteiger partial charge in [-0.25, -0.2) is 9.22 Å². The van der Waals surface area contributed by atoms with E-state index in [2.05, 4.69) is 94.2 Å². The normalized spacial score (nSPS) is 11.3. The van der Waals surface area contributed by atoms with Gasteiger partial charge in [-0.3, -0.25) is 0 Å². The summed E-state index contributed by atoms with van der Waals surface area (Å²) in [5, 5.41) is 53.7. The lowest BCUT2D eigenvalue weighted by Gasteiger charge is -2.02. The molecule has 4 aromatic heterocycles. The van der Waals surface area contributed by atoms with Gasteiger partial charge in [-0.1, -0.05) is 247 Å². The van der Waals surface area contributed by atoms with Gasteiger partial charge >= 0.3 is 0 Å². The lowest BCUT2D eigenvalue weighted by atomic mass is 10.2. The summed E-state index contributed by atoms with van der Waals surface area (Å²) in [6.45, 7) is 3.94. The van der Waals surface area contributed by atoms with Crippen molar-refractivity contribution in [3.63, 3.8) is 0 Å². The number of hydrogen-bond acceptors (Lipinski definition) is 15. The number of aromatic nitrogens is 16. The molecule has 0 saturated heterocycles. The minimum absolute atomic E-state index is 0.161. The van der Waals surface area contributed by atoms with Gasteiger partial charge in [-0.05, 0) is 200 Å². The average Bonchev–Trinajstić information content (AvgIpc) is 1.41. The van der Waals surface area contributed by atoms with Crippen LogP contribution in [0, 0.1) is 23.2 Å². The molecule has 14 rings (SSSR count). The molecule has 10 aromatic carbocycles. The van der Waals surface area contributed by atoms with Gasteiger partial charge < -0.3 is 0 Å². The van der Waals surface area contributed by atoms with E-state index < -0.39 is 15.8 Å². The third kappa shape index (κ3) is 23.5. The molecule has 0 radical (unpaired) electrons. The Morgan fingerprint density at radius 3 is 1.21 bits per heavy atom. The molecular weight excluding hydrogens is 1460 g/mol. The summed E-state index contributed by atoms with van der Waals surface area (Å²) in [6.07, 6.45) is 19.9. The molecule has 20 nitrogen and oxygen atoms in total. The van der Waals surface area contributed by atoms with E-state index in [1.54, 1.807) is 48.6 Å². The van der Waals surface area contributed by atoms with E-state index >= 15 is 0 Å². The minimum Gasteiger partial charge on any atom is -0.205 e. The van der Waals surface area contributed by atoms with Crippen LogP contribution in [0.1, 0.15) is 62.2 Å². The molecule has 0 atom stereocenters. The number of sulfonamides is 1. The SMILES string of the molecule is Cc1ccc(S(=O)(=O)NN=CC=Cc2ccccc2)cc1.Cc1cccc(-n2nnc(C=Cc3ccccc3)n2)c1.Clc1cccc(-n2nnc(C=Cc3ccccc3)n2)c1.Fc1ccc(Cl)cc1-n1nnc(C=Cc2ccccc2)n1.Ic1cccc(-n2nnc(C=Cc3ccccc3)n2)c1. The molecule has 0 saturated carbocycles. The molecule has 0 bridgehead atoms. The average molecular weight is 1520 g/mol. The van der Waals surface area contributed by atoms with E-state index in [-0.39, 0.29) is 10.6 Å². The molecule has 14 aromatic rings. The van der Waals surface area contributed by atoms with E-state index in [0.717, 1.165) is 58.8 Å². The summed E-state index contributed by atoms with van der Waals surface area (Å²) in [4.78, 5) is 8.01. The van der Waals surface area contributed by atoms with Crippen molar-refractivity contribution in [3.8, 4) is 22.7 Å². The first-order valence-corrected chi connectivity index (χ1v) is 34.6. The van der Waals surface area contributed by atoms with Crippen LogP contribution >= 0.6 is 45.8 Å². The van der Waals surface area contributed by atoms with Crippen LogP contribution in [0.3, 0.4) is 0 Å². The Hall–Kier alpha value is -12.2. The lowest BCUT2D eigenvalue weighted by Crippen LogP contribution is -2.17. The maximum Gasteiger partial charge on any atom is 0.276 e. The number of tetrazole rings is 4. The second-order valence-corrected chi connectivity index (χ2v) is 25.4. The summed E-state index contributed by atoms with van der Waals surface area (Å²) in [7, 11) is -3.60. The van der Waals surface area contributed by atoms with Crippen LogP contribution in [-0.2, 0) is 10.0 Å². The number of rotatable bonds is 17. The van der Waals surface area contributed by atoms with Crippen molar-refractivity contribution in [3.05, 3.63) is 355 Å². The second-order valence-electron chi connectivity index (χ2n) is 21.6.